The van der Waals surface area contributed by atoms with Gasteiger partial charge in [-0.1, -0.05) is 12.1 Å². The number of nitrogens with zero attached hydrogens (tertiary/aromatic N) is 3. The molecule has 0 amide bonds. The van der Waals surface area contributed by atoms with E-state index in [2.05, 4.69) is 26.7 Å². The van der Waals surface area contributed by atoms with Crippen molar-refractivity contribution in [3.63, 3.8) is 0 Å². The van der Waals surface area contributed by atoms with Crippen molar-refractivity contribution in [3.8, 4) is 5.75 Å². The number of hydrogen-bond donors (Lipinski definition) is 2. The topological polar surface area (TPSA) is 72.5 Å². The maximum Gasteiger partial charge on any atom is 0.251 e. The molecule has 1 fully saturated rings. The second kappa shape index (κ2) is 7.15. The summed E-state index contributed by atoms with van der Waals surface area (Å²) < 4.78 is 0. The fourth-order valence-corrected chi connectivity index (χ4v) is 3.19. The van der Waals surface area contributed by atoms with E-state index in [0.29, 0.717) is 5.75 Å². The minimum absolute atomic E-state index is 0.0909. The molecule has 1 aliphatic rings. The van der Waals surface area contributed by atoms with E-state index < -0.39 is 0 Å². The summed E-state index contributed by atoms with van der Waals surface area (Å²) in [5.41, 5.74) is 1.79. The van der Waals surface area contributed by atoms with Gasteiger partial charge in [-0.3, -0.25) is 14.6 Å². The third-order valence-corrected chi connectivity index (χ3v) is 4.56. The highest BCUT2D eigenvalue weighted by atomic mass is 16.3. The number of phenols is 1. The van der Waals surface area contributed by atoms with Crippen molar-refractivity contribution in [1.82, 2.24) is 19.8 Å². The Morgan fingerprint density at radius 2 is 2.00 bits per heavy atom. The minimum atomic E-state index is -0.0909. The molecule has 1 atom stereocenters. The highest BCUT2D eigenvalue weighted by Gasteiger charge is 2.23. The average molecular weight is 328 g/mol. The normalized spacial score (nSPS) is 17.8. The molecule has 1 aromatic heterocycles. The zero-order valence-electron chi connectivity index (χ0n) is 14.2. The Balaban J connectivity index is 1.59. The first-order valence-electron chi connectivity index (χ1n) is 8.33. The van der Waals surface area contributed by atoms with Gasteiger partial charge in [-0.25, -0.2) is 4.98 Å². The Morgan fingerprint density at radius 1 is 1.25 bits per heavy atom. The van der Waals surface area contributed by atoms with Crippen LogP contribution in [0.1, 0.15) is 30.0 Å². The van der Waals surface area contributed by atoms with Gasteiger partial charge >= 0.3 is 0 Å². The average Bonchev–Trinajstić information content (AvgIpc) is 2.54. The summed E-state index contributed by atoms with van der Waals surface area (Å²) in [4.78, 5) is 23.7. The third kappa shape index (κ3) is 4.01. The third-order valence-electron chi connectivity index (χ3n) is 4.56. The van der Waals surface area contributed by atoms with Gasteiger partial charge in [0.05, 0.1) is 6.04 Å². The molecular formula is C18H24N4O2. The molecule has 0 saturated carbocycles. The molecule has 24 heavy (non-hydrogen) atoms. The van der Waals surface area contributed by atoms with Crippen LogP contribution in [0.25, 0.3) is 0 Å². The lowest BCUT2D eigenvalue weighted by Crippen LogP contribution is -2.47. The molecule has 1 saturated heterocycles. The summed E-state index contributed by atoms with van der Waals surface area (Å²) in [5, 5.41) is 9.57. The predicted octanol–water partition coefficient (Wildman–Crippen LogP) is 1.66. The number of aromatic amines is 1. The highest BCUT2D eigenvalue weighted by Crippen LogP contribution is 2.19. The number of piperazine rings is 1. The highest BCUT2D eigenvalue weighted by molar-refractivity contribution is 5.27. The monoisotopic (exact) mass is 328 g/mol. The van der Waals surface area contributed by atoms with Crippen LogP contribution in [0.4, 0.5) is 0 Å². The van der Waals surface area contributed by atoms with Crippen molar-refractivity contribution >= 4 is 0 Å². The summed E-state index contributed by atoms with van der Waals surface area (Å²) in [6, 6.07) is 9.04. The van der Waals surface area contributed by atoms with Gasteiger partial charge in [0, 0.05) is 44.5 Å². The van der Waals surface area contributed by atoms with Crippen LogP contribution in [-0.2, 0) is 6.54 Å². The van der Waals surface area contributed by atoms with Crippen LogP contribution in [0.15, 0.2) is 35.1 Å². The van der Waals surface area contributed by atoms with Crippen LogP contribution in [0.3, 0.4) is 0 Å². The van der Waals surface area contributed by atoms with E-state index in [-0.39, 0.29) is 11.6 Å². The van der Waals surface area contributed by atoms with E-state index in [4.69, 9.17) is 0 Å². The SMILES string of the molecule is Cc1cc(=O)[nH]c(C(C)N2CCN(Cc3cccc(O)c3)CC2)n1. The Kier molecular flexibility index (Phi) is 4.97. The van der Waals surface area contributed by atoms with Crippen LogP contribution < -0.4 is 5.56 Å². The van der Waals surface area contributed by atoms with Crippen molar-refractivity contribution in [2.45, 2.75) is 26.4 Å². The summed E-state index contributed by atoms with van der Waals surface area (Å²) in [6.45, 7) is 8.54. The first-order chi connectivity index (χ1) is 11.5. The number of aryl methyl sites for hydroxylation is 1. The fraction of sp³-hybridized carbons (Fsp3) is 0.444. The molecule has 1 aromatic carbocycles. The molecule has 6 nitrogen and oxygen atoms in total. The maximum atomic E-state index is 11.6. The van der Waals surface area contributed by atoms with Gasteiger partial charge in [0.25, 0.3) is 5.56 Å². The zero-order valence-corrected chi connectivity index (χ0v) is 14.2. The second-order valence-electron chi connectivity index (χ2n) is 6.43. The summed E-state index contributed by atoms with van der Waals surface area (Å²) in [5.74, 6) is 1.05. The molecule has 128 valence electrons. The maximum absolute atomic E-state index is 11.6. The van der Waals surface area contributed by atoms with Gasteiger partial charge in [-0.05, 0) is 31.5 Å². The Labute approximate surface area is 141 Å². The van der Waals surface area contributed by atoms with Gasteiger partial charge in [0.1, 0.15) is 11.6 Å². The number of nitrogens with one attached hydrogen (secondary N) is 1. The molecule has 0 aliphatic carbocycles. The van der Waals surface area contributed by atoms with Crippen molar-refractivity contribution < 1.29 is 5.11 Å². The molecule has 1 unspecified atom stereocenters. The minimum Gasteiger partial charge on any atom is -0.508 e. The number of H-pyrrole nitrogens is 1. The molecule has 0 spiro atoms. The van der Waals surface area contributed by atoms with E-state index >= 15 is 0 Å². The van der Waals surface area contributed by atoms with Crippen LogP contribution in [0.2, 0.25) is 0 Å². The van der Waals surface area contributed by atoms with Crippen molar-refractivity contribution in [2.24, 2.45) is 0 Å². The van der Waals surface area contributed by atoms with Crippen LogP contribution in [0, 0.1) is 6.92 Å². The van der Waals surface area contributed by atoms with Crippen molar-refractivity contribution in [1.29, 1.82) is 0 Å². The smallest absolute Gasteiger partial charge is 0.251 e. The van der Waals surface area contributed by atoms with Gasteiger partial charge in [0.15, 0.2) is 0 Å². The predicted molar refractivity (Wildman–Crippen MR) is 93.0 cm³/mol. The number of rotatable bonds is 4. The molecule has 2 aromatic rings. The van der Waals surface area contributed by atoms with Crippen molar-refractivity contribution in [3.05, 3.63) is 57.8 Å². The lowest BCUT2D eigenvalue weighted by atomic mass is 10.1. The van der Waals surface area contributed by atoms with Crippen LogP contribution in [0.5, 0.6) is 5.75 Å². The molecular weight excluding hydrogens is 304 g/mol. The number of benzene rings is 1. The summed E-state index contributed by atoms with van der Waals surface area (Å²) >= 11 is 0. The Hall–Kier alpha value is -2.18. The first kappa shape index (κ1) is 16.7. The molecule has 0 radical (unpaired) electrons. The molecule has 1 aliphatic heterocycles. The van der Waals surface area contributed by atoms with E-state index in [0.717, 1.165) is 49.8 Å². The Bertz CT molecular complexity index is 751. The van der Waals surface area contributed by atoms with Gasteiger partial charge < -0.3 is 10.1 Å². The molecule has 6 heteroatoms. The number of aromatic nitrogens is 2. The fourth-order valence-electron chi connectivity index (χ4n) is 3.19. The van der Waals surface area contributed by atoms with Crippen LogP contribution in [-0.4, -0.2) is 51.1 Å². The van der Waals surface area contributed by atoms with E-state index in [9.17, 15) is 9.90 Å². The quantitative estimate of drug-likeness (QED) is 0.893. The zero-order chi connectivity index (χ0) is 17.1. The molecule has 3 rings (SSSR count). The number of aromatic hydroxyl groups is 1. The second-order valence-corrected chi connectivity index (χ2v) is 6.43. The molecule has 2 heterocycles. The van der Waals surface area contributed by atoms with Gasteiger partial charge in [-0.15, -0.1) is 0 Å². The largest absolute Gasteiger partial charge is 0.508 e. The summed E-state index contributed by atoms with van der Waals surface area (Å²) in [7, 11) is 0. The molecule has 2 N–H and O–H groups in total. The number of phenolic OH excluding ortho intramolecular Hbond substituents is 1. The lowest BCUT2D eigenvalue weighted by molar-refractivity contribution is 0.0946. The standard InChI is InChI=1S/C18H24N4O2/c1-13-10-17(24)20-18(19-13)14(2)22-8-6-21(7-9-22)12-15-4-3-5-16(23)11-15/h3-5,10-11,14,23H,6-9,12H2,1-2H3,(H,19,20,24). The Morgan fingerprint density at radius 3 is 2.67 bits per heavy atom. The van der Waals surface area contributed by atoms with Gasteiger partial charge in [0.2, 0.25) is 0 Å². The van der Waals surface area contributed by atoms with Crippen LogP contribution >= 0.6 is 0 Å². The molecule has 0 bridgehead atoms. The summed E-state index contributed by atoms with van der Waals surface area (Å²) in [6.07, 6.45) is 0. The van der Waals surface area contributed by atoms with Crippen molar-refractivity contribution in [2.75, 3.05) is 26.2 Å². The van der Waals surface area contributed by atoms with E-state index in [1.54, 1.807) is 6.07 Å². The first-order valence-corrected chi connectivity index (χ1v) is 8.33. The van der Waals surface area contributed by atoms with E-state index in [1.807, 2.05) is 25.1 Å². The number of hydrogen-bond acceptors (Lipinski definition) is 5. The van der Waals surface area contributed by atoms with Gasteiger partial charge in [-0.2, -0.15) is 0 Å². The lowest BCUT2D eigenvalue weighted by Gasteiger charge is -2.37. The van der Waals surface area contributed by atoms with E-state index in [1.165, 1.54) is 6.07 Å².